The zero-order valence-corrected chi connectivity index (χ0v) is 20.4. The van der Waals surface area contributed by atoms with Crippen LogP contribution in [0.5, 0.6) is 5.75 Å². The average molecular weight is 470 g/mol. The molecule has 33 heavy (non-hydrogen) atoms. The first-order chi connectivity index (χ1) is 16.2. The molecule has 1 aliphatic carbocycles. The first kappa shape index (κ1) is 23.7. The van der Waals surface area contributed by atoms with Crippen molar-refractivity contribution in [3.63, 3.8) is 0 Å². The third-order valence-electron chi connectivity index (χ3n) is 6.73. The summed E-state index contributed by atoms with van der Waals surface area (Å²) in [5.74, 6) is 0.688. The average Bonchev–Trinajstić information content (AvgIpc) is 3.38. The molecule has 1 fully saturated rings. The summed E-state index contributed by atoms with van der Waals surface area (Å²) in [6, 6.07) is 7.61. The molecule has 4 rings (SSSR count). The summed E-state index contributed by atoms with van der Waals surface area (Å²) in [6.07, 6.45) is 8.78. The van der Waals surface area contributed by atoms with E-state index in [1.54, 1.807) is 5.51 Å². The Balaban J connectivity index is 1.66. The van der Waals surface area contributed by atoms with Crippen LogP contribution in [0.4, 0.5) is 0 Å². The Hall–Kier alpha value is -2.41. The van der Waals surface area contributed by atoms with Crippen LogP contribution in [0, 0.1) is 0 Å². The second-order valence-electron chi connectivity index (χ2n) is 9.08. The number of carbonyl (C=O) groups excluding carboxylic acids is 2. The minimum Gasteiger partial charge on any atom is -0.487 e. The number of nitrogens with zero attached hydrogens (tertiary/aromatic N) is 3. The van der Waals surface area contributed by atoms with Gasteiger partial charge in [0.05, 0.1) is 17.1 Å². The molecule has 0 saturated heterocycles. The van der Waals surface area contributed by atoms with Crippen LogP contribution in [0.15, 0.2) is 35.2 Å². The molecule has 0 N–H and O–H groups in total. The number of amides is 2. The fraction of sp³-hybridized carbons (Fsp3) is 0.577. The predicted molar refractivity (Wildman–Crippen MR) is 131 cm³/mol. The van der Waals surface area contributed by atoms with E-state index in [0.717, 1.165) is 77.4 Å². The van der Waals surface area contributed by atoms with Crippen molar-refractivity contribution in [1.29, 1.82) is 0 Å². The lowest BCUT2D eigenvalue weighted by Gasteiger charge is -2.40. The number of aromatic nitrogens is 1. The van der Waals surface area contributed by atoms with Gasteiger partial charge in [-0.2, -0.15) is 0 Å². The molecule has 0 spiro atoms. The van der Waals surface area contributed by atoms with Crippen molar-refractivity contribution < 1.29 is 14.3 Å². The van der Waals surface area contributed by atoms with Gasteiger partial charge in [0.2, 0.25) is 0 Å². The molecule has 7 heteroatoms. The molecule has 2 aromatic rings. The molecular weight excluding hydrogens is 434 g/mol. The number of ether oxygens (including phenoxy) is 1. The van der Waals surface area contributed by atoms with Crippen LogP contribution in [-0.2, 0) is 0 Å². The number of thiazole rings is 1. The van der Waals surface area contributed by atoms with E-state index in [-0.39, 0.29) is 24.0 Å². The Labute approximate surface area is 200 Å². The zero-order valence-electron chi connectivity index (χ0n) is 19.6. The summed E-state index contributed by atoms with van der Waals surface area (Å²) in [7, 11) is 0. The molecule has 1 aromatic carbocycles. The van der Waals surface area contributed by atoms with E-state index in [1.165, 1.54) is 11.3 Å². The first-order valence-electron chi connectivity index (χ1n) is 12.4. The van der Waals surface area contributed by atoms with E-state index in [2.05, 4.69) is 11.9 Å². The summed E-state index contributed by atoms with van der Waals surface area (Å²) in [6.45, 7) is 4.35. The van der Waals surface area contributed by atoms with Gasteiger partial charge in [-0.3, -0.25) is 9.59 Å². The highest BCUT2D eigenvalue weighted by Gasteiger charge is 2.36. The van der Waals surface area contributed by atoms with Gasteiger partial charge in [-0.05, 0) is 50.7 Å². The summed E-state index contributed by atoms with van der Waals surface area (Å²) in [5, 5.41) is 1.84. The topological polar surface area (TPSA) is 62.7 Å². The molecule has 2 atom stereocenters. The van der Waals surface area contributed by atoms with E-state index < -0.39 is 0 Å². The number of rotatable bonds is 3. The first-order valence-corrected chi connectivity index (χ1v) is 13.4. The summed E-state index contributed by atoms with van der Waals surface area (Å²) in [5.41, 5.74) is 2.87. The maximum Gasteiger partial charge on any atom is 0.273 e. The van der Waals surface area contributed by atoms with Crippen LogP contribution in [0.1, 0.15) is 85.6 Å². The minimum atomic E-state index is -0.127. The third-order valence-corrected chi connectivity index (χ3v) is 7.32. The molecule has 1 saturated carbocycles. The Morgan fingerprint density at radius 3 is 2.67 bits per heavy atom. The molecule has 0 unspecified atom stereocenters. The Morgan fingerprint density at radius 1 is 1.09 bits per heavy atom. The lowest BCUT2D eigenvalue weighted by atomic mass is 9.90. The number of fused-ring (bicyclic) bond motifs is 2. The Bertz CT molecular complexity index is 917. The molecule has 6 nitrogen and oxygen atoms in total. The number of hydrogen-bond donors (Lipinski definition) is 0. The monoisotopic (exact) mass is 469 g/mol. The van der Waals surface area contributed by atoms with Crippen LogP contribution in [0.2, 0.25) is 0 Å². The SMILES string of the molecule is CCCN1CCCCCCN(C(=O)c2cscn2)[C@@H]2CCCC[C@@H]2Oc2ccccc2C1=O. The van der Waals surface area contributed by atoms with Gasteiger partial charge in [-0.25, -0.2) is 4.98 Å². The number of hydrogen-bond acceptors (Lipinski definition) is 5. The minimum absolute atomic E-state index is 0.00215. The van der Waals surface area contributed by atoms with Gasteiger partial charge in [0, 0.05) is 25.0 Å². The lowest BCUT2D eigenvalue weighted by molar-refractivity contribution is 0.0263. The van der Waals surface area contributed by atoms with Gasteiger partial charge in [0.15, 0.2) is 0 Å². The van der Waals surface area contributed by atoms with Crippen LogP contribution >= 0.6 is 11.3 Å². The van der Waals surface area contributed by atoms with E-state index in [4.69, 9.17) is 4.74 Å². The molecule has 178 valence electrons. The molecule has 1 aliphatic heterocycles. The fourth-order valence-electron chi connectivity index (χ4n) is 5.06. The maximum absolute atomic E-state index is 13.5. The van der Waals surface area contributed by atoms with E-state index in [9.17, 15) is 9.59 Å². The standard InChI is InChI=1S/C26H35N3O3S/c1-2-15-28-16-9-3-4-10-17-29(26(31)21-18-33-19-27-21)22-12-6-8-14-24(22)32-23-13-7-5-11-20(23)25(28)30/h5,7,11,13,18-19,22,24H,2-4,6,8-10,12,14-17H2,1H3/t22-,24+/m1/s1. The van der Waals surface area contributed by atoms with Crippen molar-refractivity contribution in [3.8, 4) is 5.75 Å². The van der Waals surface area contributed by atoms with E-state index >= 15 is 0 Å². The third kappa shape index (κ3) is 5.75. The quantitative estimate of drug-likeness (QED) is 0.604. The molecule has 1 aromatic heterocycles. The van der Waals surface area contributed by atoms with Crippen LogP contribution in [-0.4, -0.2) is 58.4 Å². The van der Waals surface area contributed by atoms with Crippen molar-refractivity contribution in [1.82, 2.24) is 14.8 Å². The smallest absolute Gasteiger partial charge is 0.273 e. The van der Waals surface area contributed by atoms with Gasteiger partial charge < -0.3 is 14.5 Å². The van der Waals surface area contributed by atoms with Crippen molar-refractivity contribution >= 4 is 23.2 Å². The summed E-state index contributed by atoms with van der Waals surface area (Å²) < 4.78 is 6.58. The zero-order chi connectivity index (χ0) is 23.0. The van der Waals surface area contributed by atoms with Crippen molar-refractivity contribution in [2.45, 2.75) is 76.9 Å². The van der Waals surface area contributed by atoms with Gasteiger partial charge in [-0.15, -0.1) is 11.3 Å². The summed E-state index contributed by atoms with van der Waals surface area (Å²) >= 11 is 1.45. The van der Waals surface area contributed by atoms with Gasteiger partial charge in [-0.1, -0.05) is 38.3 Å². The molecule has 0 radical (unpaired) electrons. The number of benzene rings is 1. The van der Waals surface area contributed by atoms with Crippen molar-refractivity contribution in [2.75, 3.05) is 19.6 Å². The predicted octanol–water partition coefficient (Wildman–Crippen LogP) is 5.40. The molecular formula is C26H35N3O3S. The van der Waals surface area contributed by atoms with Crippen LogP contribution < -0.4 is 4.74 Å². The largest absolute Gasteiger partial charge is 0.487 e. The fourth-order valence-corrected chi connectivity index (χ4v) is 5.58. The highest BCUT2D eigenvalue weighted by atomic mass is 32.1. The van der Waals surface area contributed by atoms with E-state index in [0.29, 0.717) is 17.0 Å². The van der Waals surface area contributed by atoms with E-state index in [1.807, 2.05) is 39.4 Å². The second-order valence-corrected chi connectivity index (χ2v) is 9.80. The highest BCUT2D eigenvalue weighted by Crippen LogP contribution is 2.31. The van der Waals surface area contributed by atoms with Crippen molar-refractivity contribution in [3.05, 3.63) is 46.4 Å². The Morgan fingerprint density at radius 2 is 1.88 bits per heavy atom. The highest BCUT2D eigenvalue weighted by molar-refractivity contribution is 7.07. The van der Waals surface area contributed by atoms with Crippen molar-refractivity contribution in [2.24, 2.45) is 0 Å². The summed E-state index contributed by atoms with van der Waals surface area (Å²) in [4.78, 5) is 35.2. The maximum atomic E-state index is 13.5. The Kier molecular flexibility index (Phi) is 8.37. The van der Waals surface area contributed by atoms with Crippen LogP contribution in [0.25, 0.3) is 0 Å². The second kappa shape index (κ2) is 11.6. The van der Waals surface area contributed by atoms with Gasteiger partial charge in [0.25, 0.3) is 11.8 Å². The number of carbonyl (C=O) groups is 2. The molecule has 0 bridgehead atoms. The van der Waals surface area contributed by atoms with Crippen LogP contribution in [0.3, 0.4) is 0 Å². The molecule has 2 amide bonds. The lowest BCUT2D eigenvalue weighted by Crippen LogP contribution is -2.51. The number of para-hydroxylation sites is 1. The normalized spacial score (nSPS) is 22.6. The van der Waals surface area contributed by atoms with Gasteiger partial charge in [0.1, 0.15) is 17.5 Å². The van der Waals surface area contributed by atoms with Gasteiger partial charge >= 0.3 is 0 Å². The molecule has 2 aliphatic rings. The molecule has 2 heterocycles.